The van der Waals surface area contributed by atoms with Crippen molar-refractivity contribution < 1.29 is 32.3 Å². The monoisotopic (exact) mass is 544 g/mol. The first-order chi connectivity index (χ1) is 18.0. The summed E-state index contributed by atoms with van der Waals surface area (Å²) in [6.07, 6.45) is -2.53. The molecule has 1 N–H and O–H groups in total. The van der Waals surface area contributed by atoms with Crippen molar-refractivity contribution in [1.82, 2.24) is 15.2 Å². The van der Waals surface area contributed by atoms with Gasteiger partial charge in [-0.15, -0.1) is 13.2 Å². The number of urea groups is 1. The van der Waals surface area contributed by atoms with Crippen LogP contribution in [0.5, 0.6) is 5.75 Å². The van der Waals surface area contributed by atoms with Gasteiger partial charge in [0.2, 0.25) is 0 Å². The van der Waals surface area contributed by atoms with Gasteiger partial charge in [0.05, 0.1) is 5.69 Å². The molecule has 2 fully saturated rings. The van der Waals surface area contributed by atoms with Gasteiger partial charge in [-0.3, -0.25) is 14.6 Å². The quantitative estimate of drug-likeness (QED) is 0.433. The number of amides is 4. The van der Waals surface area contributed by atoms with Crippen molar-refractivity contribution in [3.63, 3.8) is 0 Å². The fourth-order valence-corrected chi connectivity index (χ4v) is 4.72. The topological polar surface area (TPSA) is 91.8 Å². The average molecular weight is 545 g/mol. The summed E-state index contributed by atoms with van der Waals surface area (Å²) in [5.41, 5.74) is 0.937. The zero-order chi connectivity index (χ0) is 27.2. The molecule has 1 aliphatic carbocycles. The minimum atomic E-state index is -4.87. The van der Waals surface area contributed by atoms with Gasteiger partial charge in [0, 0.05) is 30.4 Å². The Morgan fingerprint density at radius 2 is 1.74 bits per heavy atom. The molecule has 5 rings (SSSR count). The lowest BCUT2D eigenvalue weighted by atomic mass is 9.97. The van der Waals surface area contributed by atoms with Gasteiger partial charge < -0.3 is 15.0 Å². The van der Waals surface area contributed by atoms with Gasteiger partial charge in [-0.05, 0) is 66.4 Å². The lowest BCUT2D eigenvalue weighted by molar-refractivity contribution is -0.274. The molecule has 196 valence electrons. The number of hydrogen-bond acceptors (Lipinski definition) is 5. The minimum Gasteiger partial charge on any atom is -0.406 e. The second-order valence-corrected chi connectivity index (χ2v) is 9.30. The summed E-state index contributed by atoms with van der Waals surface area (Å²) in [5, 5.41) is 3.06. The number of alkyl halides is 3. The Morgan fingerprint density at radius 3 is 2.32 bits per heavy atom. The maximum absolute atomic E-state index is 13.6. The standard InChI is InChI=1S/C26H20ClF3N4O4/c1-31-22(35)21-20(15-2-4-17(27)5-3-15)16(10-13-32-21)14-33-24(37)34(23(36)25(33)11-12-25)18-6-8-19(9-7-18)38-26(28,29)30/h2-10,13H,11-12,14H2,1H3,(H,31,35). The Morgan fingerprint density at radius 1 is 1.08 bits per heavy atom. The van der Waals surface area contributed by atoms with Crippen LogP contribution in [0.3, 0.4) is 0 Å². The molecule has 4 amide bonds. The third kappa shape index (κ3) is 4.53. The Bertz CT molecular complexity index is 1420. The molecule has 1 saturated carbocycles. The van der Waals surface area contributed by atoms with Gasteiger partial charge >= 0.3 is 12.4 Å². The number of carbonyl (C=O) groups is 3. The molecule has 2 heterocycles. The summed E-state index contributed by atoms with van der Waals surface area (Å²) in [5.74, 6) is -1.35. The maximum Gasteiger partial charge on any atom is 0.573 e. The van der Waals surface area contributed by atoms with Crippen LogP contribution in [-0.2, 0) is 11.3 Å². The van der Waals surface area contributed by atoms with Crippen molar-refractivity contribution in [3.8, 4) is 16.9 Å². The highest BCUT2D eigenvalue weighted by Gasteiger charge is 2.65. The second kappa shape index (κ2) is 9.32. The number of benzene rings is 2. The Labute approximate surface area is 220 Å². The van der Waals surface area contributed by atoms with Crippen LogP contribution in [0.2, 0.25) is 5.02 Å². The smallest absolute Gasteiger partial charge is 0.406 e. The molecule has 3 aromatic rings. The van der Waals surface area contributed by atoms with Crippen molar-refractivity contribution in [2.24, 2.45) is 0 Å². The highest BCUT2D eigenvalue weighted by molar-refractivity contribution is 6.30. The molecule has 2 aromatic carbocycles. The molecule has 0 atom stereocenters. The number of imide groups is 1. The number of rotatable bonds is 6. The van der Waals surface area contributed by atoms with Crippen LogP contribution in [-0.4, -0.2) is 46.7 Å². The number of ether oxygens (including phenoxy) is 1. The number of anilines is 1. The minimum absolute atomic E-state index is 0.000809. The summed E-state index contributed by atoms with van der Waals surface area (Å²) in [6, 6.07) is 12.4. The maximum atomic E-state index is 13.6. The number of nitrogens with zero attached hydrogens (tertiary/aromatic N) is 3. The van der Waals surface area contributed by atoms with E-state index in [-0.39, 0.29) is 17.9 Å². The number of nitrogens with one attached hydrogen (secondary N) is 1. The zero-order valence-corrected chi connectivity index (χ0v) is 20.6. The zero-order valence-electron chi connectivity index (χ0n) is 19.9. The van der Waals surface area contributed by atoms with Crippen LogP contribution in [0.1, 0.15) is 28.9 Å². The van der Waals surface area contributed by atoms with E-state index in [1.54, 1.807) is 30.3 Å². The normalized spacial score (nSPS) is 16.2. The molecule has 0 radical (unpaired) electrons. The van der Waals surface area contributed by atoms with Gasteiger partial charge in [-0.25, -0.2) is 9.69 Å². The molecule has 0 unspecified atom stereocenters. The third-order valence-corrected chi connectivity index (χ3v) is 6.78. The lowest BCUT2D eigenvalue weighted by Crippen LogP contribution is -2.36. The Kier molecular flexibility index (Phi) is 6.26. The van der Waals surface area contributed by atoms with Crippen molar-refractivity contribution in [2.45, 2.75) is 31.3 Å². The van der Waals surface area contributed by atoms with Crippen molar-refractivity contribution >= 4 is 35.1 Å². The van der Waals surface area contributed by atoms with E-state index < -0.39 is 35.5 Å². The number of hydrogen-bond donors (Lipinski definition) is 1. The molecular weight excluding hydrogens is 525 g/mol. The van der Waals surface area contributed by atoms with Crippen LogP contribution in [0.15, 0.2) is 60.8 Å². The van der Waals surface area contributed by atoms with Crippen molar-refractivity contribution in [1.29, 1.82) is 0 Å². The van der Waals surface area contributed by atoms with E-state index in [1.165, 1.54) is 30.3 Å². The van der Waals surface area contributed by atoms with Gasteiger partial charge in [-0.2, -0.15) is 0 Å². The molecule has 38 heavy (non-hydrogen) atoms. The van der Waals surface area contributed by atoms with E-state index in [1.807, 2.05) is 0 Å². The summed E-state index contributed by atoms with van der Waals surface area (Å²) >= 11 is 6.05. The van der Waals surface area contributed by atoms with Gasteiger partial charge in [0.25, 0.3) is 11.8 Å². The highest BCUT2D eigenvalue weighted by Crippen LogP contribution is 2.50. The summed E-state index contributed by atoms with van der Waals surface area (Å²) in [7, 11) is 1.48. The SMILES string of the molecule is CNC(=O)c1nccc(CN2C(=O)N(c3ccc(OC(F)(F)F)cc3)C(=O)C23CC3)c1-c1ccc(Cl)cc1. The fraction of sp³-hybridized carbons (Fsp3) is 0.231. The Balaban J connectivity index is 1.50. The molecule has 2 aliphatic rings. The van der Waals surface area contributed by atoms with E-state index in [0.717, 1.165) is 17.0 Å². The predicted octanol–water partition coefficient (Wildman–Crippen LogP) is 5.16. The van der Waals surface area contributed by atoms with Crippen molar-refractivity contribution in [3.05, 3.63) is 77.1 Å². The highest BCUT2D eigenvalue weighted by atomic mass is 35.5. The molecule has 1 spiro atoms. The average Bonchev–Trinajstić information content (AvgIpc) is 3.66. The van der Waals surface area contributed by atoms with Gasteiger partial charge in [0.1, 0.15) is 17.0 Å². The molecule has 1 aliphatic heterocycles. The van der Waals surface area contributed by atoms with Crippen LogP contribution in [0.25, 0.3) is 11.1 Å². The lowest BCUT2D eigenvalue weighted by Gasteiger charge is -2.23. The molecular formula is C26H20ClF3N4O4. The summed E-state index contributed by atoms with van der Waals surface area (Å²) in [4.78, 5) is 46.3. The number of halogens is 4. The van der Waals surface area contributed by atoms with Crippen LogP contribution < -0.4 is 15.0 Å². The first-order valence-corrected chi connectivity index (χ1v) is 11.9. The molecule has 1 saturated heterocycles. The van der Waals surface area contributed by atoms with E-state index in [0.29, 0.717) is 34.6 Å². The fourth-order valence-electron chi connectivity index (χ4n) is 4.59. The summed E-state index contributed by atoms with van der Waals surface area (Å²) in [6.45, 7) is 0.000809. The van der Waals surface area contributed by atoms with Crippen LogP contribution in [0.4, 0.5) is 23.7 Å². The summed E-state index contributed by atoms with van der Waals surface area (Å²) < 4.78 is 41.5. The second-order valence-electron chi connectivity index (χ2n) is 8.86. The van der Waals surface area contributed by atoms with E-state index in [2.05, 4.69) is 15.0 Å². The van der Waals surface area contributed by atoms with E-state index in [4.69, 9.17) is 11.6 Å². The molecule has 8 nitrogen and oxygen atoms in total. The van der Waals surface area contributed by atoms with Gasteiger partial charge in [-0.1, -0.05) is 23.7 Å². The van der Waals surface area contributed by atoms with E-state index in [9.17, 15) is 27.6 Å². The number of aromatic nitrogens is 1. The molecule has 0 bridgehead atoms. The van der Waals surface area contributed by atoms with Gasteiger partial charge in [0.15, 0.2) is 0 Å². The first kappa shape index (κ1) is 25.5. The van der Waals surface area contributed by atoms with Crippen molar-refractivity contribution in [2.75, 3.05) is 11.9 Å². The largest absolute Gasteiger partial charge is 0.573 e. The van der Waals surface area contributed by atoms with E-state index >= 15 is 0 Å². The third-order valence-electron chi connectivity index (χ3n) is 6.53. The molecule has 1 aromatic heterocycles. The van der Waals surface area contributed by atoms with Crippen LogP contribution in [0, 0.1) is 0 Å². The Hall–Kier alpha value is -4.12. The predicted molar refractivity (Wildman–Crippen MR) is 132 cm³/mol. The first-order valence-electron chi connectivity index (χ1n) is 11.5. The number of pyridine rings is 1. The number of carbonyl (C=O) groups excluding carboxylic acids is 3. The van der Waals surface area contributed by atoms with Crippen LogP contribution >= 0.6 is 11.6 Å². The molecule has 12 heteroatoms.